The van der Waals surface area contributed by atoms with Gasteiger partial charge in [-0.2, -0.15) is 4.98 Å². The van der Waals surface area contributed by atoms with E-state index in [1.54, 1.807) is 0 Å². The standard InChI is InChI=1S/C20H28N4O2/c1-20(2,3)19-22-18(26-23-19)12-8-11-17(25)21-15-9-4-5-10-16(15)24-13-6-7-14-24/h4-5,9-10H,6-8,11-14H2,1-3H3,(H,21,25). The van der Waals surface area contributed by atoms with Gasteiger partial charge in [0.25, 0.3) is 0 Å². The number of para-hydroxylation sites is 2. The van der Waals surface area contributed by atoms with Gasteiger partial charge in [0.1, 0.15) is 0 Å². The van der Waals surface area contributed by atoms with Crippen molar-refractivity contribution in [1.29, 1.82) is 0 Å². The maximum absolute atomic E-state index is 12.3. The number of aromatic nitrogens is 2. The van der Waals surface area contributed by atoms with E-state index in [2.05, 4.69) is 26.4 Å². The number of carbonyl (C=O) groups is 1. The average Bonchev–Trinajstić information content (AvgIpc) is 3.26. The minimum atomic E-state index is -0.127. The van der Waals surface area contributed by atoms with E-state index in [4.69, 9.17) is 4.52 Å². The summed E-state index contributed by atoms with van der Waals surface area (Å²) in [4.78, 5) is 19.1. The summed E-state index contributed by atoms with van der Waals surface area (Å²) in [5.74, 6) is 1.32. The van der Waals surface area contributed by atoms with Gasteiger partial charge in [-0.05, 0) is 31.4 Å². The lowest BCUT2D eigenvalue weighted by Gasteiger charge is -2.21. The van der Waals surface area contributed by atoms with Crippen molar-refractivity contribution in [3.63, 3.8) is 0 Å². The lowest BCUT2D eigenvalue weighted by Crippen LogP contribution is -2.21. The summed E-state index contributed by atoms with van der Waals surface area (Å²) in [6.45, 7) is 8.26. The molecule has 1 aromatic heterocycles. The molecule has 6 heteroatoms. The van der Waals surface area contributed by atoms with E-state index in [1.807, 2.05) is 39.0 Å². The normalized spacial score (nSPS) is 14.7. The number of rotatable bonds is 6. The molecule has 0 spiro atoms. The van der Waals surface area contributed by atoms with Gasteiger partial charge in [0, 0.05) is 31.3 Å². The SMILES string of the molecule is CC(C)(C)c1noc(CCCC(=O)Nc2ccccc2N2CCCC2)n1. The Balaban J connectivity index is 1.51. The zero-order valence-corrected chi connectivity index (χ0v) is 15.9. The summed E-state index contributed by atoms with van der Waals surface area (Å²) in [7, 11) is 0. The van der Waals surface area contributed by atoms with Crippen LogP contribution in [0.25, 0.3) is 0 Å². The van der Waals surface area contributed by atoms with Crippen LogP contribution in [0.15, 0.2) is 28.8 Å². The highest BCUT2D eigenvalue weighted by Gasteiger charge is 2.21. The summed E-state index contributed by atoms with van der Waals surface area (Å²) >= 11 is 0. The van der Waals surface area contributed by atoms with Crippen LogP contribution in [-0.4, -0.2) is 29.1 Å². The molecule has 0 unspecified atom stereocenters. The second kappa shape index (κ2) is 7.89. The molecule has 26 heavy (non-hydrogen) atoms. The van der Waals surface area contributed by atoms with Gasteiger partial charge >= 0.3 is 0 Å². The third kappa shape index (κ3) is 4.62. The number of benzene rings is 1. The van der Waals surface area contributed by atoms with Crippen molar-refractivity contribution < 1.29 is 9.32 Å². The molecule has 1 fully saturated rings. The first kappa shape index (κ1) is 18.4. The molecule has 0 atom stereocenters. The molecule has 3 rings (SSSR count). The Labute approximate surface area is 155 Å². The number of nitrogens with zero attached hydrogens (tertiary/aromatic N) is 3. The average molecular weight is 356 g/mol. The van der Waals surface area contributed by atoms with Crippen LogP contribution >= 0.6 is 0 Å². The number of hydrogen-bond donors (Lipinski definition) is 1. The van der Waals surface area contributed by atoms with Crippen molar-refractivity contribution in [2.45, 2.75) is 58.3 Å². The minimum absolute atomic E-state index is 0.0206. The number of nitrogens with one attached hydrogen (secondary N) is 1. The molecule has 6 nitrogen and oxygen atoms in total. The van der Waals surface area contributed by atoms with Gasteiger partial charge in [-0.25, -0.2) is 0 Å². The number of anilines is 2. The quantitative estimate of drug-likeness (QED) is 0.849. The van der Waals surface area contributed by atoms with Crippen LogP contribution in [0.3, 0.4) is 0 Å². The molecule has 1 aliphatic rings. The fourth-order valence-electron chi connectivity index (χ4n) is 3.09. The first-order valence-electron chi connectivity index (χ1n) is 9.40. The second-order valence-corrected chi connectivity index (χ2v) is 7.87. The van der Waals surface area contributed by atoms with Gasteiger partial charge in [0.05, 0.1) is 11.4 Å². The Kier molecular flexibility index (Phi) is 5.59. The van der Waals surface area contributed by atoms with Gasteiger partial charge in [-0.3, -0.25) is 4.79 Å². The molecule has 0 radical (unpaired) electrons. The number of aryl methyl sites for hydroxylation is 1. The third-order valence-electron chi connectivity index (χ3n) is 4.56. The molecule has 140 valence electrons. The van der Waals surface area contributed by atoms with Crippen molar-refractivity contribution in [3.05, 3.63) is 36.0 Å². The van der Waals surface area contributed by atoms with Crippen LogP contribution in [0.5, 0.6) is 0 Å². The van der Waals surface area contributed by atoms with Crippen LogP contribution in [0.2, 0.25) is 0 Å². The minimum Gasteiger partial charge on any atom is -0.370 e. The van der Waals surface area contributed by atoms with Crippen LogP contribution in [0.1, 0.15) is 58.2 Å². The second-order valence-electron chi connectivity index (χ2n) is 7.87. The highest BCUT2D eigenvalue weighted by molar-refractivity contribution is 5.94. The summed E-state index contributed by atoms with van der Waals surface area (Å²) in [5, 5.41) is 7.07. The van der Waals surface area contributed by atoms with Gasteiger partial charge in [0.2, 0.25) is 11.8 Å². The molecule has 1 aromatic carbocycles. The smallest absolute Gasteiger partial charge is 0.226 e. The predicted octanol–water partition coefficient (Wildman–Crippen LogP) is 3.93. The first-order chi connectivity index (χ1) is 12.4. The maximum atomic E-state index is 12.3. The van der Waals surface area contributed by atoms with E-state index in [-0.39, 0.29) is 11.3 Å². The molecule has 2 heterocycles. The van der Waals surface area contributed by atoms with Gasteiger partial charge in [-0.1, -0.05) is 38.1 Å². The molecular weight excluding hydrogens is 328 g/mol. The van der Waals surface area contributed by atoms with Crippen molar-refractivity contribution >= 4 is 17.3 Å². The third-order valence-corrected chi connectivity index (χ3v) is 4.56. The van der Waals surface area contributed by atoms with Gasteiger partial charge in [-0.15, -0.1) is 0 Å². The Morgan fingerprint density at radius 2 is 1.96 bits per heavy atom. The van der Waals surface area contributed by atoms with Crippen LogP contribution in [0, 0.1) is 0 Å². The largest absolute Gasteiger partial charge is 0.370 e. The van der Waals surface area contributed by atoms with Crippen LogP contribution in [0.4, 0.5) is 11.4 Å². The zero-order chi connectivity index (χ0) is 18.6. The topological polar surface area (TPSA) is 71.3 Å². The Bertz CT molecular complexity index is 742. The summed E-state index contributed by atoms with van der Waals surface area (Å²) in [6, 6.07) is 8.03. The van der Waals surface area contributed by atoms with E-state index in [0.717, 1.165) is 24.5 Å². The molecule has 0 saturated carbocycles. The van der Waals surface area contributed by atoms with Crippen molar-refractivity contribution in [2.75, 3.05) is 23.3 Å². The molecule has 1 N–H and O–H groups in total. The Hall–Kier alpha value is -2.37. The molecule has 1 amide bonds. The van der Waals surface area contributed by atoms with Crippen molar-refractivity contribution in [1.82, 2.24) is 10.1 Å². The highest BCUT2D eigenvalue weighted by atomic mass is 16.5. The van der Waals surface area contributed by atoms with E-state index in [1.165, 1.54) is 12.8 Å². The summed E-state index contributed by atoms with van der Waals surface area (Å²) in [6.07, 6.45) is 4.15. The summed E-state index contributed by atoms with van der Waals surface area (Å²) in [5.41, 5.74) is 1.88. The Morgan fingerprint density at radius 1 is 1.23 bits per heavy atom. The van der Waals surface area contributed by atoms with E-state index in [9.17, 15) is 4.79 Å². The molecule has 0 aliphatic carbocycles. The molecule has 1 aliphatic heterocycles. The van der Waals surface area contributed by atoms with Gasteiger partial charge in [0.15, 0.2) is 5.82 Å². The lowest BCUT2D eigenvalue weighted by atomic mass is 9.96. The number of hydrogen-bond acceptors (Lipinski definition) is 5. The van der Waals surface area contributed by atoms with E-state index >= 15 is 0 Å². The van der Waals surface area contributed by atoms with E-state index < -0.39 is 0 Å². The van der Waals surface area contributed by atoms with E-state index in [0.29, 0.717) is 31.0 Å². The fourth-order valence-corrected chi connectivity index (χ4v) is 3.09. The maximum Gasteiger partial charge on any atom is 0.226 e. The number of amides is 1. The molecule has 1 saturated heterocycles. The zero-order valence-electron chi connectivity index (χ0n) is 15.9. The molecule has 0 bridgehead atoms. The predicted molar refractivity (Wildman–Crippen MR) is 102 cm³/mol. The number of carbonyl (C=O) groups excluding carboxylic acids is 1. The fraction of sp³-hybridized carbons (Fsp3) is 0.550. The van der Waals surface area contributed by atoms with Crippen LogP contribution < -0.4 is 10.2 Å². The van der Waals surface area contributed by atoms with Crippen molar-refractivity contribution in [2.24, 2.45) is 0 Å². The van der Waals surface area contributed by atoms with Gasteiger partial charge < -0.3 is 14.7 Å². The lowest BCUT2D eigenvalue weighted by molar-refractivity contribution is -0.116. The molecular formula is C20H28N4O2. The monoisotopic (exact) mass is 356 g/mol. The first-order valence-corrected chi connectivity index (χ1v) is 9.40. The van der Waals surface area contributed by atoms with Crippen molar-refractivity contribution in [3.8, 4) is 0 Å². The Morgan fingerprint density at radius 3 is 2.65 bits per heavy atom. The highest BCUT2D eigenvalue weighted by Crippen LogP contribution is 2.28. The van der Waals surface area contributed by atoms with Crippen LogP contribution in [-0.2, 0) is 16.6 Å². The summed E-state index contributed by atoms with van der Waals surface area (Å²) < 4.78 is 5.28. The molecule has 2 aromatic rings.